The first kappa shape index (κ1) is 14.8. The number of nitrogens with zero attached hydrogens (tertiary/aromatic N) is 2. The predicted octanol–water partition coefficient (Wildman–Crippen LogP) is 3.28. The number of carbonyl (C=O) groups excluding carboxylic acids is 1. The fourth-order valence-corrected chi connectivity index (χ4v) is 1.96. The van der Waals surface area contributed by atoms with E-state index in [9.17, 15) is 4.79 Å². The summed E-state index contributed by atoms with van der Waals surface area (Å²) in [5.41, 5.74) is 1.68. The first-order valence-corrected chi connectivity index (χ1v) is 6.74. The highest BCUT2D eigenvalue weighted by Crippen LogP contribution is 2.20. The lowest BCUT2D eigenvalue weighted by Gasteiger charge is -2.17. The van der Waals surface area contributed by atoms with Crippen LogP contribution in [0, 0.1) is 0 Å². The first-order chi connectivity index (χ1) is 10.2. The number of amides is 1. The van der Waals surface area contributed by atoms with Crippen LogP contribution in [0.25, 0.3) is 0 Å². The van der Waals surface area contributed by atoms with Crippen molar-refractivity contribution in [2.45, 2.75) is 13.3 Å². The van der Waals surface area contributed by atoms with Crippen molar-refractivity contribution in [3.63, 3.8) is 0 Å². The van der Waals surface area contributed by atoms with E-state index in [1.807, 2.05) is 54.6 Å². The van der Waals surface area contributed by atoms with Crippen LogP contribution in [-0.4, -0.2) is 19.2 Å². The van der Waals surface area contributed by atoms with Gasteiger partial charge >= 0.3 is 0 Å². The van der Waals surface area contributed by atoms with Crippen LogP contribution >= 0.6 is 0 Å². The predicted molar refractivity (Wildman–Crippen MR) is 84.8 cm³/mol. The topological polar surface area (TPSA) is 41.9 Å². The van der Waals surface area contributed by atoms with E-state index in [4.69, 9.17) is 4.74 Å². The molecule has 0 saturated carbocycles. The highest BCUT2D eigenvalue weighted by Gasteiger charge is 2.15. The fraction of sp³-hybridized carbons (Fsp3) is 0.176. The maximum Gasteiger partial charge on any atom is 0.251 e. The molecule has 0 unspecified atom stereocenters. The Balaban J connectivity index is 2.19. The van der Waals surface area contributed by atoms with Gasteiger partial charge in [-0.05, 0) is 36.8 Å². The zero-order valence-electron chi connectivity index (χ0n) is 12.2. The molecule has 0 aromatic heterocycles. The molecule has 0 aliphatic carbocycles. The molecule has 0 radical (unpaired) electrons. The Bertz CT molecular complexity index is 606. The highest BCUT2D eigenvalue weighted by atomic mass is 16.5. The molecule has 0 aliphatic heterocycles. The largest absolute Gasteiger partial charge is 0.497 e. The Kier molecular flexibility index (Phi) is 5.10. The summed E-state index contributed by atoms with van der Waals surface area (Å²) in [5.74, 6) is 0.666. The molecule has 0 aliphatic rings. The number of anilines is 1. The second kappa shape index (κ2) is 7.24. The van der Waals surface area contributed by atoms with Gasteiger partial charge < -0.3 is 4.74 Å². The van der Waals surface area contributed by atoms with Gasteiger partial charge in [0.1, 0.15) is 5.75 Å². The van der Waals surface area contributed by atoms with E-state index in [2.05, 4.69) is 5.10 Å². The summed E-state index contributed by atoms with van der Waals surface area (Å²) < 4.78 is 5.12. The third-order valence-electron chi connectivity index (χ3n) is 2.98. The van der Waals surface area contributed by atoms with Crippen LogP contribution in [0.5, 0.6) is 5.75 Å². The minimum atomic E-state index is -0.0792. The molecule has 4 nitrogen and oxygen atoms in total. The number of hydrogen-bond acceptors (Lipinski definition) is 3. The monoisotopic (exact) mass is 282 g/mol. The zero-order chi connectivity index (χ0) is 15.1. The van der Waals surface area contributed by atoms with Gasteiger partial charge in [0.2, 0.25) is 0 Å². The summed E-state index contributed by atoms with van der Waals surface area (Å²) in [4.78, 5) is 12.4. The lowest BCUT2D eigenvalue weighted by Crippen LogP contribution is -2.27. The highest BCUT2D eigenvalue weighted by molar-refractivity contribution is 5.95. The molecule has 0 atom stereocenters. The number of methoxy groups -OCH3 is 1. The summed E-state index contributed by atoms with van der Waals surface area (Å²) in [6.07, 6.45) is 1.91. The van der Waals surface area contributed by atoms with Crippen LogP contribution in [0.4, 0.5) is 5.69 Å². The maximum absolute atomic E-state index is 12.4. The molecule has 2 rings (SSSR count). The van der Waals surface area contributed by atoms with Gasteiger partial charge in [-0.15, -0.1) is 0 Å². The van der Waals surface area contributed by atoms with Crippen LogP contribution in [0.1, 0.15) is 12.5 Å². The molecule has 108 valence electrons. The van der Waals surface area contributed by atoms with Gasteiger partial charge in [0.05, 0.1) is 19.2 Å². The Morgan fingerprint density at radius 1 is 1.14 bits per heavy atom. The second-order valence-electron chi connectivity index (χ2n) is 4.44. The molecule has 0 bridgehead atoms. The Labute approximate surface area is 124 Å². The number of hydrogen-bond donors (Lipinski definition) is 0. The number of ether oxygens (including phenoxy) is 1. The SMILES string of the molecule is CC=NN(C(=O)Cc1ccccc1)c1ccc(OC)cc1. The van der Waals surface area contributed by atoms with Gasteiger partial charge in [-0.2, -0.15) is 5.10 Å². The summed E-state index contributed by atoms with van der Waals surface area (Å²) >= 11 is 0. The van der Waals surface area contributed by atoms with E-state index in [0.29, 0.717) is 6.42 Å². The molecule has 0 fully saturated rings. The number of carbonyl (C=O) groups is 1. The van der Waals surface area contributed by atoms with Crippen molar-refractivity contribution in [1.29, 1.82) is 0 Å². The first-order valence-electron chi connectivity index (χ1n) is 6.74. The smallest absolute Gasteiger partial charge is 0.251 e. The third-order valence-corrected chi connectivity index (χ3v) is 2.98. The van der Waals surface area contributed by atoms with Crippen LogP contribution in [0.3, 0.4) is 0 Å². The molecule has 0 N–H and O–H groups in total. The zero-order valence-corrected chi connectivity index (χ0v) is 12.2. The summed E-state index contributed by atoms with van der Waals surface area (Å²) in [6, 6.07) is 16.9. The Hall–Kier alpha value is -2.62. The minimum absolute atomic E-state index is 0.0792. The molecule has 2 aromatic rings. The normalized spacial score (nSPS) is 10.6. The average Bonchev–Trinajstić information content (AvgIpc) is 2.53. The summed E-state index contributed by atoms with van der Waals surface area (Å²) in [5, 5.41) is 5.57. The molecular formula is C17H18N2O2. The number of rotatable bonds is 5. The van der Waals surface area contributed by atoms with E-state index in [-0.39, 0.29) is 5.91 Å². The van der Waals surface area contributed by atoms with Crippen molar-refractivity contribution in [1.82, 2.24) is 0 Å². The van der Waals surface area contributed by atoms with Gasteiger partial charge in [-0.25, -0.2) is 5.01 Å². The van der Waals surface area contributed by atoms with Gasteiger partial charge in [-0.3, -0.25) is 4.79 Å². The lowest BCUT2D eigenvalue weighted by atomic mass is 10.1. The maximum atomic E-state index is 12.4. The second-order valence-corrected chi connectivity index (χ2v) is 4.44. The fourth-order valence-electron chi connectivity index (χ4n) is 1.96. The van der Waals surface area contributed by atoms with E-state index in [1.54, 1.807) is 20.2 Å². The van der Waals surface area contributed by atoms with E-state index < -0.39 is 0 Å². The van der Waals surface area contributed by atoms with Crippen LogP contribution < -0.4 is 9.75 Å². The van der Waals surface area contributed by atoms with Crippen molar-refractivity contribution < 1.29 is 9.53 Å². The van der Waals surface area contributed by atoms with Crippen molar-refractivity contribution in [2.75, 3.05) is 12.1 Å². The van der Waals surface area contributed by atoms with Gasteiger partial charge in [-0.1, -0.05) is 30.3 Å². The van der Waals surface area contributed by atoms with E-state index in [0.717, 1.165) is 17.0 Å². The third kappa shape index (κ3) is 3.92. The van der Waals surface area contributed by atoms with Crippen LogP contribution in [-0.2, 0) is 11.2 Å². The lowest BCUT2D eigenvalue weighted by molar-refractivity contribution is -0.118. The summed E-state index contributed by atoms with van der Waals surface area (Å²) in [7, 11) is 1.61. The number of benzene rings is 2. The Morgan fingerprint density at radius 3 is 2.38 bits per heavy atom. The van der Waals surface area contributed by atoms with Crippen molar-refractivity contribution in [3.8, 4) is 5.75 Å². The molecule has 21 heavy (non-hydrogen) atoms. The quantitative estimate of drug-likeness (QED) is 0.624. The van der Waals surface area contributed by atoms with E-state index >= 15 is 0 Å². The molecule has 2 aromatic carbocycles. The molecular weight excluding hydrogens is 264 g/mol. The molecule has 4 heteroatoms. The van der Waals surface area contributed by atoms with Crippen LogP contribution in [0.15, 0.2) is 59.7 Å². The Morgan fingerprint density at radius 2 is 1.81 bits per heavy atom. The minimum Gasteiger partial charge on any atom is -0.497 e. The van der Waals surface area contributed by atoms with Crippen LogP contribution in [0.2, 0.25) is 0 Å². The molecule has 0 heterocycles. The standard InChI is InChI=1S/C17H18N2O2/c1-3-18-19(15-9-11-16(21-2)12-10-15)17(20)13-14-7-5-4-6-8-14/h3-12H,13H2,1-2H3. The van der Waals surface area contributed by atoms with Gasteiger partial charge in [0.25, 0.3) is 5.91 Å². The van der Waals surface area contributed by atoms with Crippen molar-refractivity contribution in [2.24, 2.45) is 5.10 Å². The number of hydrazone groups is 1. The van der Waals surface area contributed by atoms with Gasteiger partial charge in [0.15, 0.2) is 0 Å². The molecule has 0 spiro atoms. The summed E-state index contributed by atoms with van der Waals surface area (Å²) in [6.45, 7) is 1.78. The molecule has 0 saturated heterocycles. The molecule has 1 amide bonds. The van der Waals surface area contributed by atoms with E-state index in [1.165, 1.54) is 5.01 Å². The average molecular weight is 282 g/mol. The van der Waals surface area contributed by atoms with Crippen molar-refractivity contribution in [3.05, 3.63) is 60.2 Å². The van der Waals surface area contributed by atoms with Crippen molar-refractivity contribution >= 4 is 17.8 Å². The van der Waals surface area contributed by atoms with Gasteiger partial charge in [0, 0.05) is 6.21 Å².